The summed E-state index contributed by atoms with van der Waals surface area (Å²) < 4.78 is 13.5. The number of aliphatic hydroxyl groups excluding tert-OH is 1. The standard InChI is InChI=1S/C15H21FN2O2/c1-12-3-4-13(11-14(12)16)15(20)18-8-6-17(7-9-18)5-2-10-19/h3-4,11,19H,2,5-10H2,1H3. The lowest BCUT2D eigenvalue weighted by Gasteiger charge is -2.34. The first-order valence-electron chi connectivity index (χ1n) is 7.00. The van der Waals surface area contributed by atoms with Crippen LogP contribution in [-0.2, 0) is 0 Å². The van der Waals surface area contributed by atoms with Crippen LogP contribution in [0.2, 0.25) is 0 Å². The SMILES string of the molecule is Cc1ccc(C(=O)N2CCN(CCCO)CC2)cc1F. The normalized spacial score (nSPS) is 16.4. The van der Waals surface area contributed by atoms with Crippen LogP contribution in [0, 0.1) is 12.7 Å². The maximum absolute atomic E-state index is 13.5. The van der Waals surface area contributed by atoms with Crippen LogP contribution in [-0.4, -0.2) is 60.1 Å². The molecule has 2 rings (SSSR count). The molecule has 20 heavy (non-hydrogen) atoms. The molecule has 1 amide bonds. The van der Waals surface area contributed by atoms with Gasteiger partial charge in [0.15, 0.2) is 0 Å². The summed E-state index contributed by atoms with van der Waals surface area (Å²) in [6, 6.07) is 4.63. The average molecular weight is 280 g/mol. The monoisotopic (exact) mass is 280 g/mol. The van der Waals surface area contributed by atoms with Crippen molar-refractivity contribution < 1.29 is 14.3 Å². The van der Waals surface area contributed by atoms with Crippen molar-refractivity contribution in [2.75, 3.05) is 39.3 Å². The van der Waals surface area contributed by atoms with Gasteiger partial charge in [0, 0.05) is 44.9 Å². The minimum atomic E-state index is -0.336. The van der Waals surface area contributed by atoms with Gasteiger partial charge in [0.05, 0.1) is 0 Å². The second-order valence-electron chi connectivity index (χ2n) is 5.17. The van der Waals surface area contributed by atoms with Gasteiger partial charge < -0.3 is 10.0 Å². The molecule has 4 nitrogen and oxygen atoms in total. The summed E-state index contributed by atoms with van der Waals surface area (Å²) in [4.78, 5) is 16.3. The highest BCUT2D eigenvalue weighted by Gasteiger charge is 2.22. The van der Waals surface area contributed by atoms with Crippen LogP contribution in [0.3, 0.4) is 0 Å². The third-order valence-corrected chi connectivity index (χ3v) is 3.71. The van der Waals surface area contributed by atoms with E-state index in [1.807, 2.05) is 0 Å². The molecule has 0 radical (unpaired) electrons. The first kappa shape index (κ1) is 14.9. The molecule has 1 aliphatic rings. The molecule has 0 saturated carbocycles. The van der Waals surface area contributed by atoms with Crippen molar-refractivity contribution >= 4 is 5.91 Å². The molecule has 1 N–H and O–H groups in total. The minimum absolute atomic E-state index is 0.106. The van der Waals surface area contributed by atoms with Crippen LogP contribution in [0.1, 0.15) is 22.3 Å². The molecule has 1 saturated heterocycles. The lowest BCUT2D eigenvalue weighted by atomic mass is 10.1. The van der Waals surface area contributed by atoms with Gasteiger partial charge in [0.2, 0.25) is 0 Å². The highest BCUT2D eigenvalue weighted by atomic mass is 19.1. The average Bonchev–Trinajstić information content (AvgIpc) is 2.48. The number of nitrogens with zero attached hydrogens (tertiary/aromatic N) is 2. The van der Waals surface area contributed by atoms with Crippen LogP contribution in [0.5, 0.6) is 0 Å². The van der Waals surface area contributed by atoms with E-state index >= 15 is 0 Å². The zero-order chi connectivity index (χ0) is 14.5. The highest BCUT2D eigenvalue weighted by Crippen LogP contribution is 2.13. The van der Waals surface area contributed by atoms with E-state index in [2.05, 4.69) is 4.90 Å². The summed E-state index contributed by atoms with van der Waals surface area (Å²) in [5, 5.41) is 8.81. The summed E-state index contributed by atoms with van der Waals surface area (Å²) in [5.74, 6) is -0.442. The Bertz CT molecular complexity index is 471. The number of hydrogen-bond acceptors (Lipinski definition) is 3. The summed E-state index contributed by atoms with van der Waals surface area (Å²) in [6.45, 7) is 5.66. The van der Waals surface area contributed by atoms with Gasteiger partial charge in [-0.05, 0) is 31.0 Å². The fourth-order valence-corrected chi connectivity index (χ4v) is 2.38. The molecule has 1 aromatic carbocycles. The number of carbonyl (C=O) groups is 1. The molecule has 1 aliphatic heterocycles. The first-order valence-corrected chi connectivity index (χ1v) is 7.00. The van der Waals surface area contributed by atoms with Gasteiger partial charge in [-0.1, -0.05) is 6.07 Å². The molecular formula is C15H21FN2O2. The third kappa shape index (κ3) is 3.55. The number of piperazine rings is 1. The molecule has 1 fully saturated rings. The summed E-state index contributed by atoms with van der Waals surface area (Å²) >= 11 is 0. The molecule has 0 atom stereocenters. The Morgan fingerprint density at radius 3 is 2.60 bits per heavy atom. The fraction of sp³-hybridized carbons (Fsp3) is 0.533. The van der Waals surface area contributed by atoms with Crippen molar-refractivity contribution in [3.05, 3.63) is 35.1 Å². The van der Waals surface area contributed by atoms with Crippen molar-refractivity contribution in [2.45, 2.75) is 13.3 Å². The number of hydrogen-bond donors (Lipinski definition) is 1. The van der Waals surface area contributed by atoms with E-state index in [1.165, 1.54) is 6.07 Å². The van der Waals surface area contributed by atoms with E-state index in [0.717, 1.165) is 26.1 Å². The molecule has 0 aromatic heterocycles. The molecule has 1 heterocycles. The lowest BCUT2D eigenvalue weighted by Crippen LogP contribution is -2.48. The molecular weight excluding hydrogens is 259 g/mol. The number of carbonyl (C=O) groups excluding carboxylic acids is 1. The predicted octanol–water partition coefficient (Wildman–Crippen LogP) is 1.27. The second-order valence-corrected chi connectivity index (χ2v) is 5.17. The minimum Gasteiger partial charge on any atom is -0.396 e. The number of benzene rings is 1. The van der Waals surface area contributed by atoms with Crippen molar-refractivity contribution in [3.63, 3.8) is 0 Å². The zero-order valence-corrected chi connectivity index (χ0v) is 11.8. The van der Waals surface area contributed by atoms with Crippen molar-refractivity contribution in [3.8, 4) is 0 Å². The maximum atomic E-state index is 13.5. The largest absolute Gasteiger partial charge is 0.396 e. The molecule has 110 valence electrons. The second kappa shape index (κ2) is 6.81. The highest BCUT2D eigenvalue weighted by molar-refractivity contribution is 5.94. The van der Waals surface area contributed by atoms with Crippen molar-refractivity contribution in [1.29, 1.82) is 0 Å². The molecule has 0 bridgehead atoms. The van der Waals surface area contributed by atoms with Gasteiger partial charge >= 0.3 is 0 Å². The van der Waals surface area contributed by atoms with E-state index in [4.69, 9.17) is 5.11 Å². The molecule has 0 unspecified atom stereocenters. The van der Waals surface area contributed by atoms with Gasteiger partial charge in [-0.15, -0.1) is 0 Å². The van der Waals surface area contributed by atoms with Crippen LogP contribution >= 0.6 is 0 Å². The first-order chi connectivity index (χ1) is 9.61. The maximum Gasteiger partial charge on any atom is 0.254 e. The van der Waals surface area contributed by atoms with Gasteiger partial charge in [0.1, 0.15) is 5.82 Å². The van der Waals surface area contributed by atoms with Crippen molar-refractivity contribution in [1.82, 2.24) is 9.80 Å². The van der Waals surface area contributed by atoms with E-state index in [0.29, 0.717) is 24.2 Å². The predicted molar refractivity (Wildman–Crippen MR) is 75.2 cm³/mol. The van der Waals surface area contributed by atoms with E-state index in [-0.39, 0.29) is 18.3 Å². The summed E-state index contributed by atoms with van der Waals surface area (Å²) in [7, 11) is 0. The van der Waals surface area contributed by atoms with Crippen LogP contribution < -0.4 is 0 Å². The van der Waals surface area contributed by atoms with E-state index in [9.17, 15) is 9.18 Å². The zero-order valence-electron chi connectivity index (χ0n) is 11.8. The summed E-state index contributed by atoms with van der Waals surface area (Å²) in [5.41, 5.74) is 0.965. The molecule has 0 spiro atoms. The Labute approximate surface area is 118 Å². The molecule has 5 heteroatoms. The smallest absolute Gasteiger partial charge is 0.254 e. The fourth-order valence-electron chi connectivity index (χ4n) is 2.38. The Kier molecular flexibility index (Phi) is 5.09. The molecule has 1 aromatic rings. The van der Waals surface area contributed by atoms with Gasteiger partial charge in [0.25, 0.3) is 5.91 Å². The van der Waals surface area contributed by atoms with Gasteiger partial charge in [-0.25, -0.2) is 4.39 Å². The summed E-state index contributed by atoms with van der Waals surface area (Å²) in [6.07, 6.45) is 0.761. The number of aryl methyl sites for hydroxylation is 1. The number of halogens is 1. The Hall–Kier alpha value is -1.46. The van der Waals surface area contributed by atoms with E-state index in [1.54, 1.807) is 24.0 Å². The van der Waals surface area contributed by atoms with Crippen LogP contribution in [0.4, 0.5) is 4.39 Å². The molecule has 0 aliphatic carbocycles. The van der Waals surface area contributed by atoms with Gasteiger partial charge in [-0.3, -0.25) is 9.69 Å². The van der Waals surface area contributed by atoms with Crippen molar-refractivity contribution in [2.24, 2.45) is 0 Å². The van der Waals surface area contributed by atoms with Crippen LogP contribution in [0.25, 0.3) is 0 Å². The number of amides is 1. The van der Waals surface area contributed by atoms with Crippen LogP contribution in [0.15, 0.2) is 18.2 Å². The lowest BCUT2D eigenvalue weighted by molar-refractivity contribution is 0.0628. The quantitative estimate of drug-likeness (QED) is 0.903. The third-order valence-electron chi connectivity index (χ3n) is 3.71. The Balaban J connectivity index is 1.92. The number of rotatable bonds is 4. The Morgan fingerprint density at radius 1 is 1.30 bits per heavy atom. The number of aliphatic hydroxyl groups is 1. The van der Waals surface area contributed by atoms with E-state index < -0.39 is 0 Å². The Morgan fingerprint density at radius 2 is 2.00 bits per heavy atom. The van der Waals surface area contributed by atoms with Gasteiger partial charge in [-0.2, -0.15) is 0 Å². The topological polar surface area (TPSA) is 43.8 Å².